The van der Waals surface area contributed by atoms with Crippen LogP contribution in [0.1, 0.15) is 56.5 Å². The first kappa shape index (κ1) is 19.4. The number of aliphatic hydroxyl groups is 2. The predicted molar refractivity (Wildman–Crippen MR) is 91.4 cm³/mol. The SMILES string of the molecule is CC(O)(COC(=O)c1ccc([C@@]2(C)C[C@H](O)CC2(C)C)cc1)C(=O)O. The molecule has 1 unspecified atom stereocenters. The van der Waals surface area contributed by atoms with Gasteiger partial charge in [0.05, 0.1) is 11.7 Å². The zero-order chi connectivity index (χ0) is 19.0. The number of carbonyl (C=O) groups excluding carboxylic acids is 1. The van der Waals surface area contributed by atoms with E-state index in [1.165, 1.54) is 0 Å². The number of carboxylic acid groups (broad SMARTS) is 1. The van der Waals surface area contributed by atoms with Crippen LogP contribution in [0.3, 0.4) is 0 Å². The molecule has 3 atom stereocenters. The summed E-state index contributed by atoms with van der Waals surface area (Å²) in [4.78, 5) is 22.9. The molecule has 3 N–H and O–H groups in total. The Bertz CT molecular complexity index is 661. The quantitative estimate of drug-likeness (QED) is 0.703. The Labute approximate surface area is 147 Å². The molecule has 0 aromatic heterocycles. The largest absolute Gasteiger partial charge is 0.479 e. The van der Waals surface area contributed by atoms with E-state index in [9.17, 15) is 19.8 Å². The van der Waals surface area contributed by atoms with E-state index in [1.54, 1.807) is 12.1 Å². The van der Waals surface area contributed by atoms with Crippen molar-refractivity contribution < 1.29 is 29.6 Å². The Morgan fingerprint density at radius 3 is 2.20 bits per heavy atom. The lowest BCUT2D eigenvalue weighted by Gasteiger charge is -2.38. The number of aliphatic carboxylic acids is 1. The molecule has 0 saturated heterocycles. The molecule has 1 aromatic carbocycles. The van der Waals surface area contributed by atoms with Gasteiger partial charge in [0.15, 0.2) is 5.60 Å². The van der Waals surface area contributed by atoms with E-state index >= 15 is 0 Å². The van der Waals surface area contributed by atoms with Gasteiger partial charge in [-0.2, -0.15) is 0 Å². The highest BCUT2D eigenvalue weighted by molar-refractivity contribution is 5.89. The number of carbonyl (C=O) groups is 2. The number of carboxylic acids is 1. The molecule has 0 amide bonds. The molecule has 1 aliphatic carbocycles. The van der Waals surface area contributed by atoms with Gasteiger partial charge in [-0.25, -0.2) is 9.59 Å². The van der Waals surface area contributed by atoms with Crippen molar-refractivity contribution in [1.82, 2.24) is 0 Å². The lowest BCUT2D eigenvalue weighted by molar-refractivity contribution is -0.160. The van der Waals surface area contributed by atoms with Gasteiger partial charge in [-0.3, -0.25) is 0 Å². The highest BCUT2D eigenvalue weighted by Crippen LogP contribution is 2.53. The van der Waals surface area contributed by atoms with Crippen molar-refractivity contribution in [3.63, 3.8) is 0 Å². The maximum atomic E-state index is 12.0. The van der Waals surface area contributed by atoms with Crippen molar-refractivity contribution in [3.05, 3.63) is 35.4 Å². The smallest absolute Gasteiger partial charge is 0.339 e. The standard InChI is InChI=1S/C19H26O6/c1-17(2)9-14(20)10-18(17,3)13-7-5-12(6-8-13)15(21)25-11-19(4,24)16(22)23/h5-8,14,20,24H,9-11H2,1-4H3,(H,22,23)/t14-,18-,19?/m1/s1. The molecule has 6 nitrogen and oxygen atoms in total. The molecule has 0 aliphatic heterocycles. The molecule has 25 heavy (non-hydrogen) atoms. The van der Waals surface area contributed by atoms with Gasteiger partial charge in [0.25, 0.3) is 0 Å². The van der Waals surface area contributed by atoms with Crippen LogP contribution < -0.4 is 0 Å². The van der Waals surface area contributed by atoms with Crippen LogP contribution in [0.4, 0.5) is 0 Å². The predicted octanol–water partition coefficient (Wildman–Crippen LogP) is 2.12. The third-order valence-electron chi connectivity index (χ3n) is 5.59. The van der Waals surface area contributed by atoms with E-state index in [1.807, 2.05) is 12.1 Å². The van der Waals surface area contributed by atoms with E-state index in [4.69, 9.17) is 9.84 Å². The Hall–Kier alpha value is -1.92. The number of ether oxygens (including phenoxy) is 1. The molecule has 1 aromatic rings. The van der Waals surface area contributed by atoms with Gasteiger partial charge in [-0.1, -0.05) is 32.9 Å². The zero-order valence-electron chi connectivity index (χ0n) is 15.1. The third-order valence-corrected chi connectivity index (χ3v) is 5.59. The van der Waals surface area contributed by atoms with Crippen molar-refractivity contribution in [2.75, 3.05) is 6.61 Å². The average Bonchev–Trinajstić information content (AvgIpc) is 2.73. The molecule has 1 fully saturated rings. The molecule has 1 saturated carbocycles. The molecular formula is C19H26O6. The van der Waals surface area contributed by atoms with Crippen LogP contribution in [0.2, 0.25) is 0 Å². The second-order valence-electron chi connectivity index (χ2n) is 8.01. The summed E-state index contributed by atoms with van der Waals surface area (Å²) in [6.07, 6.45) is 1.03. The maximum absolute atomic E-state index is 12.0. The van der Waals surface area contributed by atoms with E-state index in [-0.39, 0.29) is 22.5 Å². The Morgan fingerprint density at radius 1 is 1.20 bits per heavy atom. The van der Waals surface area contributed by atoms with Gasteiger partial charge in [-0.15, -0.1) is 0 Å². The summed E-state index contributed by atoms with van der Waals surface area (Å²) in [5.74, 6) is -2.14. The van der Waals surface area contributed by atoms with E-state index in [0.717, 1.165) is 18.9 Å². The summed E-state index contributed by atoms with van der Waals surface area (Å²) in [5, 5.41) is 28.5. The van der Waals surface area contributed by atoms with Crippen LogP contribution in [0, 0.1) is 5.41 Å². The Balaban J connectivity index is 2.12. The van der Waals surface area contributed by atoms with E-state index in [0.29, 0.717) is 6.42 Å². The minimum absolute atomic E-state index is 0.0748. The molecule has 0 bridgehead atoms. The molecule has 138 valence electrons. The number of esters is 1. The molecule has 0 heterocycles. The summed E-state index contributed by atoms with van der Waals surface area (Å²) in [6.45, 7) is 6.80. The minimum atomic E-state index is -2.12. The van der Waals surface area contributed by atoms with Crippen LogP contribution >= 0.6 is 0 Å². The van der Waals surface area contributed by atoms with Crippen LogP contribution in [0.15, 0.2) is 24.3 Å². The summed E-state index contributed by atoms with van der Waals surface area (Å²) in [6, 6.07) is 6.93. The number of hydrogen-bond donors (Lipinski definition) is 3. The van der Waals surface area contributed by atoms with E-state index in [2.05, 4.69) is 20.8 Å². The highest BCUT2D eigenvalue weighted by Gasteiger charge is 2.50. The number of benzene rings is 1. The first-order chi connectivity index (χ1) is 11.4. The first-order valence-corrected chi connectivity index (χ1v) is 8.30. The van der Waals surface area contributed by atoms with Crippen LogP contribution in [-0.4, -0.2) is 45.6 Å². The third kappa shape index (κ3) is 3.70. The molecule has 2 rings (SSSR count). The van der Waals surface area contributed by atoms with Crippen LogP contribution in [-0.2, 0) is 14.9 Å². The minimum Gasteiger partial charge on any atom is -0.479 e. The lowest BCUT2D eigenvalue weighted by atomic mass is 9.65. The van der Waals surface area contributed by atoms with Gasteiger partial charge < -0.3 is 20.1 Å². The Morgan fingerprint density at radius 2 is 1.76 bits per heavy atom. The number of hydrogen-bond acceptors (Lipinski definition) is 5. The van der Waals surface area contributed by atoms with Gasteiger partial charge in [0.1, 0.15) is 6.61 Å². The van der Waals surface area contributed by atoms with Gasteiger partial charge >= 0.3 is 11.9 Å². The van der Waals surface area contributed by atoms with Gasteiger partial charge in [0.2, 0.25) is 0 Å². The average molecular weight is 350 g/mol. The highest BCUT2D eigenvalue weighted by atomic mass is 16.5. The van der Waals surface area contributed by atoms with Crippen molar-refractivity contribution in [2.24, 2.45) is 5.41 Å². The molecular weight excluding hydrogens is 324 g/mol. The lowest BCUT2D eigenvalue weighted by Crippen LogP contribution is -2.40. The molecule has 1 aliphatic rings. The van der Waals surface area contributed by atoms with Crippen molar-refractivity contribution in [1.29, 1.82) is 0 Å². The topological polar surface area (TPSA) is 104 Å². The summed E-state index contributed by atoms with van der Waals surface area (Å²) in [7, 11) is 0. The summed E-state index contributed by atoms with van der Waals surface area (Å²) in [5.41, 5.74) is -1.09. The second kappa shape index (κ2) is 6.42. The van der Waals surface area contributed by atoms with Crippen LogP contribution in [0.5, 0.6) is 0 Å². The Kier molecular flexibility index (Phi) is 4.99. The molecule has 0 radical (unpaired) electrons. The van der Waals surface area contributed by atoms with E-state index < -0.39 is 24.1 Å². The van der Waals surface area contributed by atoms with Crippen molar-refractivity contribution >= 4 is 11.9 Å². The second-order valence-corrected chi connectivity index (χ2v) is 8.01. The molecule has 0 spiro atoms. The van der Waals surface area contributed by atoms with Crippen molar-refractivity contribution in [3.8, 4) is 0 Å². The van der Waals surface area contributed by atoms with Crippen LogP contribution in [0.25, 0.3) is 0 Å². The summed E-state index contributed by atoms with van der Waals surface area (Å²) < 4.78 is 4.89. The fraction of sp³-hybridized carbons (Fsp3) is 0.579. The fourth-order valence-corrected chi connectivity index (χ4v) is 3.47. The number of aliphatic hydroxyl groups excluding tert-OH is 1. The van der Waals surface area contributed by atoms with Crippen molar-refractivity contribution in [2.45, 2.75) is 57.7 Å². The van der Waals surface area contributed by atoms with Gasteiger partial charge in [0, 0.05) is 5.41 Å². The number of rotatable bonds is 5. The zero-order valence-corrected chi connectivity index (χ0v) is 15.1. The summed E-state index contributed by atoms with van der Waals surface area (Å²) >= 11 is 0. The first-order valence-electron chi connectivity index (χ1n) is 8.30. The van der Waals surface area contributed by atoms with Gasteiger partial charge in [-0.05, 0) is 42.9 Å². The maximum Gasteiger partial charge on any atom is 0.339 e. The fourth-order valence-electron chi connectivity index (χ4n) is 3.47. The normalized spacial score (nSPS) is 27.5. The molecule has 6 heteroatoms. The monoisotopic (exact) mass is 350 g/mol.